The molecule has 1 fully saturated rings. The number of pyridine rings is 1. The molecule has 3 rings (SSSR count). The van der Waals surface area contributed by atoms with Gasteiger partial charge in [-0.2, -0.15) is 0 Å². The van der Waals surface area contributed by atoms with Gasteiger partial charge in [-0.3, -0.25) is 14.6 Å². The van der Waals surface area contributed by atoms with E-state index in [1.807, 2.05) is 0 Å². The fourth-order valence-corrected chi connectivity index (χ4v) is 3.70. The Kier molecular flexibility index (Phi) is 4.70. The summed E-state index contributed by atoms with van der Waals surface area (Å²) >= 11 is 0. The van der Waals surface area contributed by atoms with Crippen LogP contribution in [0.5, 0.6) is 0 Å². The Morgan fingerprint density at radius 3 is 2.44 bits per heavy atom. The summed E-state index contributed by atoms with van der Waals surface area (Å²) in [6.07, 6.45) is 6.74. The van der Waals surface area contributed by atoms with Crippen LogP contribution in [0, 0.1) is 13.8 Å². The van der Waals surface area contributed by atoms with Crippen molar-refractivity contribution in [1.29, 1.82) is 0 Å². The highest BCUT2D eigenvalue weighted by Crippen LogP contribution is 2.29. The molecule has 1 aromatic heterocycles. The Morgan fingerprint density at radius 1 is 1.12 bits per heavy atom. The first kappa shape index (κ1) is 17.3. The number of aryl methyl sites for hydroxylation is 2. The third kappa shape index (κ3) is 3.08. The van der Waals surface area contributed by atoms with Crippen LogP contribution in [-0.4, -0.2) is 35.7 Å². The third-order valence-corrected chi connectivity index (χ3v) is 4.91. The number of nitrogens with one attached hydrogen (secondary N) is 1. The summed E-state index contributed by atoms with van der Waals surface area (Å²) in [6.45, 7) is 3.32. The number of methoxy groups -OCH3 is 1. The van der Waals surface area contributed by atoms with Gasteiger partial charge in [-0.25, -0.2) is 4.79 Å². The summed E-state index contributed by atoms with van der Waals surface area (Å²) in [6, 6.07) is 0.206. The van der Waals surface area contributed by atoms with Crippen LogP contribution in [0.1, 0.15) is 74.6 Å². The van der Waals surface area contributed by atoms with Crippen molar-refractivity contribution in [3.8, 4) is 0 Å². The first-order chi connectivity index (χ1) is 11.9. The van der Waals surface area contributed by atoms with Crippen LogP contribution in [-0.2, 0) is 4.74 Å². The number of esters is 1. The fourth-order valence-electron chi connectivity index (χ4n) is 3.70. The molecule has 0 spiro atoms. The molecule has 0 saturated heterocycles. The minimum atomic E-state index is -0.653. The molecule has 2 aliphatic rings. The van der Waals surface area contributed by atoms with Crippen LogP contribution in [0.4, 0.5) is 0 Å². The topological polar surface area (TPSA) is 85.4 Å². The molecule has 1 heterocycles. The van der Waals surface area contributed by atoms with Crippen LogP contribution in [0.3, 0.4) is 0 Å². The van der Waals surface area contributed by atoms with Gasteiger partial charge >= 0.3 is 5.97 Å². The van der Waals surface area contributed by atoms with Gasteiger partial charge in [0.1, 0.15) is 0 Å². The van der Waals surface area contributed by atoms with Crippen molar-refractivity contribution in [3.63, 3.8) is 0 Å². The lowest BCUT2D eigenvalue weighted by Gasteiger charge is -2.27. The average Bonchev–Trinajstić information content (AvgIpc) is 2.59. The lowest BCUT2D eigenvalue weighted by Crippen LogP contribution is -2.37. The number of hydrogen-bond donors (Lipinski definition) is 1. The summed E-state index contributed by atoms with van der Waals surface area (Å²) in [5.41, 5.74) is 1.53. The molecule has 132 valence electrons. The van der Waals surface area contributed by atoms with Gasteiger partial charge in [0.15, 0.2) is 5.78 Å². The van der Waals surface area contributed by atoms with Crippen molar-refractivity contribution >= 4 is 17.5 Å². The zero-order chi connectivity index (χ0) is 18.1. The van der Waals surface area contributed by atoms with Gasteiger partial charge in [0.05, 0.1) is 35.2 Å². The Hall–Kier alpha value is -2.50. The second-order valence-corrected chi connectivity index (χ2v) is 6.63. The summed E-state index contributed by atoms with van der Waals surface area (Å²) in [5.74, 6) is -1.29. The predicted molar refractivity (Wildman–Crippen MR) is 91.8 cm³/mol. The molecular formula is C19H22N2O4. The molecule has 0 aliphatic heterocycles. The zero-order valence-electron chi connectivity index (χ0n) is 14.8. The predicted octanol–water partition coefficient (Wildman–Crippen LogP) is 2.67. The van der Waals surface area contributed by atoms with Crippen molar-refractivity contribution in [1.82, 2.24) is 10.3 Å². The minimum absolute atomic E-state index is 0.0782. The first-order valence-electron chi connectivity index (χ1n) is 8.60. The van der Waals surface area contributed by atoms with Crippen LogP contribution in [0.15, 0.2) is 11.8 Å². The summed E-state index contributed by atoms with van der Waals surface area (Å²) in [4.78, 5) is 42.1. The number of rotatable bonds is 3. The van der Waals surface area contributed by atoms with Gasteiger partial charge < -0.3 is 10.1 Å². The molecular weight excluding hydrogens is 320 g/mol. The molecule has 1 aromatic rings. The number of ketones is 2. The molecule has 0 amide bonds. The van der Waals surface area contributed by atoms with Gasteiger partial charge in [0, 0.05) is 17.8 Å². The number of fused-ring (bicyclic) bond motifs is 1. The number of ether oxygens (including phenoxy) is 1. The Bertz CT molecular complexity index is 789. The van der Waals surface area contributed by atoms with Gasteiger partial charge in [0.2, 0.25) is 5.78 Å². The van der Waals surface area contributed by atoms with Crippen LogP contribution in [0.25, 0.3) is 0 Å². The smallest absolute Gasteiger partial charge is 0.340 e. The molecule has 1 saturated carbocycles. The van der Waals surface area contributed by atoms with Gasteiger partial charge in [0.25, 0.3) is 0 Å². The largest absolute Gasteiger partial charge is 0.465 e. The number of aromatic nitrogens is 1. The second-order valence-electron chi connectivity index (χ2n) is 6.63. The summed E-state index contributed by atoms with van der Waals surface area (Å²) in [7, 11) is 1.25. The number of Topliss-reactive ketones (excluding diaryl/α,β-unsaturated/α-hetero) is 1. The Balaban J connectivity index is 2.04. The molecule has 0 radical (unpaired) electrons. The van der Waals surface area contributed by atoms with E-state index in [-0.39, 0.29) is 34.3 Å². The zero-order valence-corrected chi connectivity index (χ0v) is 14.8. The maximum Gasteiger partial charge on any atom is 0.340 e. The van der Waals surface area contributed by atoms with Crippen molar-refractivity contribution in [2.45, 2.75) is 52.0 Å². The highest BCUT2D eigenvalue weighted by molar-refractivity contribution is 6.27. The summed E-state index contributed by atoms with van der Waals surface area (Å²) in [5, 5.41) is 3.23. The van der Waals surface area contributed by atoms with Crippen molar-refractivity contribution in [3.05, 3.63) is 39.9 Å². The number of carbonyl (C=O) groups is 3. The normalized spacial score (nSPS) is 17.8. The number of carbonyl (C=O) groups excluding carboxylic acids is 3. The van der Waals surface area contributed by atoms with Crippen molar-refractivity contribution in [2.24, 2.45) is 0 Å². The van der Waals surface area contributed by atoms with Crippen LogP contribution < -0.4 is 5.32 Å². The molecule has 0 atom stereocenters. The fraction of sp³-hybridized carbons (Fsp3) is 0.474. The maximum atomic E-state index is 13.0. The molecule has 25 heavy (non-hydrogen) atoms. The minimum Gasteiger partial charge on any atom is -0.465 e. The lowest BCUT2D eigenvalue weighted by atomic mass is 9.86. The van der Waals surface area contributed by atoms with E-state index in [1.54, 1.807) is 13.8 Å². The lowest BCUT2D eigenvalue weighted by molar-refractivity contribution is 0.0596. The first-order valence-corrected chi connectivity index (χ1v) is 8.60. The van der Waals surface area contributed by atoms with Crippen LogP contribution in [0.2, 0.25) is 0 Å². The standard InChI is InChI=1S/C19H22N2O4/c1-10-15-17(16(11(2)20-10)19(24)25-3)14(22)9-13(18(15)23)21-12-7-5-4-6-8-12/h9,12,21H,4-8H2,1-3H3. The van der Waals surface area contributed by atoms with E-state index < -0.39 is 5.97 Å². The molecule has 0 aromatic carbocycles. The SMILES string of the molecule is COC(=O)c1c(C)nc(C)c2c1C(=O)C=C(NC1CCCCC1)C2=O. The third-order valence-electron chi connectivity index (χ3n) is 4.91. The highest BCUT2D eigenvalue weighted by Gasteiger charge is 2.34. The van der Waals surface area contributed by atoms with E-state index in [1.165, 1.54) is 19.6 Å². The Morgan fingerprint density at radius 2 is 1.80 bits per heavy atom. The van der Waals surface area contributed by atoms with E-state index in [0.29, 0.717) is 17.1 Å². The monoisotopic (exact) mass is 342 g/mol. The molecule has 0 bridgehead atoms. The highest BCUT2D eigenvalue weighted by atomic mass is 16.5. The van der Waals surface area contributed by atoms with Crippen LogP contribution >= 0.6 is 0 Å². The van der Waals surface area contributed by atoms with E-state index in [0.717, 1.165) is 25.7 Å². The molecule has 2 aliphatic carbocycles. The average molecular weight is 342 g/mol. The van der Waals surface area contributed by atoms with Crippen molar-refractivity contribution < 1.29 is 19.1 Å². The molecule has 6 heteroatoms. The van der Waals surface area contributed by atoms with E-state index in [4.69, 9.17) is 4.74 Å². The Labute approximate surface area is 146 Å². The molecule has 6 nitrogen and oxygen atoms in total. The number of hydrogen-bond acceptors (Lipinski definition) is 6. The van der Waals surface area contributed by atoms with Gasteiger partial charge in [-0.05, 0) is 26.7 Å². The van der Waals surface area contributed by atoms with Gasteiger partial charge in [-0.15, -0.1) is 0 Å². The number of nitrogens with zero attached hydrogens (tertiary/aromatic N) is 1. The van der Waals surface area contributed by atoms with E-state index in [9.17, 15) is 14.4 Å². The molecule has 1 N–H and O–H groups in total. The van der Waals surface area contributed by atoms with Crippen molar-refractivity contribution in [2.75, 3.05) is 7.11 Å². The second kappa shape index (κ2) is 6.78. The quantitative estimate of drug-likeness (QED) is 0.850. The summed E-state index contributed by atoms with van der Waals surface area (Å²) < 4.78 is 4.78. The van der Waals surface area contributed by atoms with E-state index >= 15 is 0 Å². The van der Waals surface area contributed by atoms with E-state index in [2.05, 4.69) is 10.3 Å². The molecule has 0 unspecified atom stereocenters. The van der Waals surface area contributed by atoms with Gasteiger partial charge in [-0.1, -0.05) is 19.3 Å². The number of allylic oxidation sites excluding steroid dienone is 2. The maximum absolute atomic E-state index is 13.0.